The summed E-state index contributed by atoms with van der Waals surface area (Å²) in [4.78, 5) is 5.14. The Morgan fingerprint density at radius 2 is 0.744 bits per heavy atom. The van der Waals surface area contributed by atoms with E-state index in [1.165, 1.54) is 181 Å². The van der Waals surface area contributed by atoms with Crippen molar-refractivity contribution in [2.24, 2.45) is 5.92 Å². The maximum atomic E-state index is 2.67. The van der Waals surface area contributed by atoms with Gasteiger partial charge in [-0.05, 0) is 184 Å². The minimum Gasteiger partial charge on any atom is -0.310 e. The lowest BCUT2D eigenvalue weighted by atomic mass is 9.68. The van der Waals surface area contributed by atoms with Crippen molar-refractivity contribution in [3.05, 3.63) is 167 Å². The van der Waals surface area contributed by atoms with Gasteiger partial charge in [-0.15, -0.1) is 0 Å². The molecule has 0 radical (unpaired) electrons. The molecule has 0 heterocycles. The van der Waals surface area contributed by atoms with Crippen LogP contribution in [0.4, 0.5) is 34.1 Å². The first kappa shape index (κ1) is 60.6. The van der Waals surface area contributed by atoms with E-state index in [-0.39, 0.29) is 16.2 Å². The SMILES string of the molecule is CCCCCCCCC1(CCCCCCCC)c2cc(N(c3ccc(C(C)CC)cc3)c3ccc(C(C)(C)CCC)cc3)ccc2-c2ccc(N(c3ccc(C(C)CC)cc3)c3ccc(C(C)(CC)C(CC)CC)cc3)cc21. The van der Waals surface area contributed by atoms with Crippen molar-refractivity contribution < 1.29 is 0 Å². The Kier molecular flexibility index (Phi) is 22.0. The van der Waals surface area contributed by atoms with Crippen LogP contribution in [0.25, 0.3) is 11.1 Å². The van der Waals surface area contributed by atoms with Crippen molar-refractivity contribution >= 4 is 34.1 Å². The van der Waals surface area contributed by atoms with Crippen LogP contribution in [-0.4, -0.2) is 0 Å². The van der Waals surface area contributed by atoms with E-state index in [9.17, 15) is 0 Å². The number of hydrogen-bond donors (Lipinski definition) is 0. The lowest BCUT2D eigenvalue weighted by Gasteiger charge is -2.37. The molecule has 0 bridgehead atoms. The van der Waals surface area contributed by atoms with Gasteiger partial charge in [-0.25, -0.2) is 0 Å². The van der Waals surface area contributed by atoms with Crippen molar-refractivity contribution in [1.29, 1.82) is 0 Å². The van der Waals surface area contributed by atoms with E-state index < -0.39 is 0 Å². The van der Waals surface area contributed by atoms with Crippen LogP contribution in [0.15, 0.2) is 133 Å². The molecule has 2 heteroatoms. The number of anilines is 6. The van der Waals surface area contributed by atoms with Gasteiger partial charge in [-0.1, -0.05) is 247 Å². The molecule has 0 aromatic heterocycles. The molecule has 0 saturated carbocycles. The predicted octanol–water partition coefficient (Wildman–Crippen LogP) is 24.6. The average Bonchev–Trinajstić information content (AvgIpc) is 3.88. The Morgan fingerprint density at radius 3 is 1.10 bits per heavy atom. The van der Waals surface area contributed by atoms with Crippen molar-refractivity contribution in [2.45, 2.75) is 253 Å². The molecule has 1 aliphatic rings. The number of unbranched alkanes of at least 4 members (excludes halogenated alkanes) is 10. The fourth-order valence-electron chi connectivity index (χ4n) is 13.8. The first-order valence-corrected chi connectivity index (χ1v) is 32.1. The summed E-state index contributed by atoms with van der Waals surface area (Å²) in [5, 5.41) is 0. The quantitative estimate of drug-likeness (QED) is 0.0389. The standard InChI is InChI=1S/C76H106N2/c1-14-22-24-26-28-30-53-76(54-31-29-27-25-23-15-2)72-55-68(77(64-40-32-59(33-41-64)57(9)17-4)66-44-36-62(37-45-66)74(11,12)52-16-3)48-50-70(72)71-51-49-69(56-73(71)76)78(65-42-34-60(35-43-65)58(10)18-5)67-46-38-63(39-47-67)75(13,21-8)61(19-6)20-7/h32-51,55-58,61H,14-31,52-54H2,1-13H3. The number of rotatable bonds is 32. The Labute approximate surface area is 478 Å². The third-order valence-electron chi connectivity index (χ3n) is 19.6. The van der Waals surface area contributed by atoms with Gasteiger partial charge < -0.3 is 9.80 Å². The minimum atomic E-state index is -0.124. The summed E-state index contributed by atoms with van der Waals surface area (Å²) in [5.41, 5.74) is 19.2. The molecular weight excluding hydrogens is 941 g/mol. The Morgan fingerprint density at radius 1 is 0.385 bits per heavy atom. The Balaban J connectivity index is 1.43. The lowest BCUT2D eigenvalue weighted by molar-refractivity contribution is 0.265. The van der Waals surface area contributed by atoms with Crippen LogP contribution in [0.1, 0.15) is 270 Å². The van der Waals surface area contributed by atoms with Crippen LogP contribution in [0, 0.1) is 5.92 Å². The zero-order valence-corrected chi connectivity index (χ0v) is 51.7. The van der Waals surface area contributed by atoms with E-state index >= 15 is 0 Å². The predicted molar refractivity (Wildman–Crippen MR) is 345 cm³/mol. The summed E-state index contributed by atoms with van der Waals surface area (Å²) in [6.07, 6.45) is 26.0. The van der Waals surface area contributed by atoms with E-state index in [1.807, 2.05) is 0 Å². The molecule has 0 N–H and O–H groups in total. The second-order valence-electron chi connectivity index (χ2n) is 25.1. The highest BCUT2D eigenvalue weighted by Crippen LogP contribution is 2.57. The van der Waals surface area contributed by atoms with Crippen molar-refractivity contribution in [3.8, 4) is 11.1 Å². The highest BCUT2D eigenvalue weighted by atomic mass is 15.1. The highest BCUT2D eigenvalue weighted by molar-refractivity contribution is 5.88. The Bertz CT molecular complexity index is 2700. The summed E-state index contributed by atoms with van der Waals surface area (Å²) in [6, 6.07) is 53.8. The summed E-state index contributed by atoms with van der Waals surface area (Å²) >= 11 is 0. The van der Waals surface area contributed by atoms with Crippen molar-refractivity contribution in [3.63, 3.8) is 0 Å². The summed E-state index contributed by atoms with van der Waals surface area (Å²) in [7, 11) is 0. The third kappa shape index (κ3) is 13.6. The maximum Gasteiger partial charge on any atom is 0.0465 e. The molecule has 6 aromatic rings. The number of hydrogen-bond acceptors (Lipinski definition) is 2. The van der Waals surface area contributed by atoms with Gasteiger partial charge in [0, 0.05) is 39.5 Å². The summed E-state index contributed by atoms with van der Waals surface area (Å²) in [5.74, 6) is 1.69. The molecule has 0 fully saturated rings. The molecule has 6 aromatic carbocycles. The molecule has 78 heavy (non-hydrogen) atoms. The van der Waals surface area contributed by atoms with E-state index in [2.05, 4.69) is 233 Å². The zero-order chi connectivity index (χ0) is 55.9. The molecule has 1 aliphatic carbocycles. The smallest absolute Gasteiger partial charge is 0.0465 e. The molecule has 0 spiro atoms. The lowest BCUT2D eigenvalue weighted by Crippen LogP contribution is -2.30. The van der Waals surface area contributed by atoms with Gasteiger partial charge in [0.15, 0.2) is 0 Å². The van der Waals surface area contributed by atoms with E-state index in [4.69, 9.17) is 0 Å². The van der Waals surface area contributed by atoms with E-state index in [1.54, 1.807) is 0 Å². The first-order valence-electron chi connectivity index (χ1n) is 32.1. The van der Waals surface area contributed by atoms with Gasteiger partial charge in [-0.2, -0.15) is 0 Å². The molecule has 420 valence electrons. The number of fused-ring (bicyclic) bond motifs is 3. The normalized spacial score (nSPS) is 14.5. The van der Waals surface area contributed by atoms with Gasteiger partial charge in [0.1, 0.15) is 0 Å². The van der Waals surface area contributed by atoms with Crippen LogP contribution in [-0.2, 0) is 16.2 Å². The average molecular weight is 1050 g/mol. The van der Waals surface area contributed by atoms with Crippen LogP contribution in [0.5, 0.6) is 0 Å². The highest BCUT2D eigenvalue weighted by Gasteiger charge is 2.43. The van der Waals surface area contributed by atoms with Crippen LogP contribution < -0.4 is 9.80 Å². The maximum absolute atomic E-state index is 2.67. The minimum absolute atomic E-state index is 0.124. The fraction of sp³-hybridized carbons (Fsp3) is 0.526. The van der Waals surface area contributed by atoms with Crippen LogP contribution in [0.3, 0.4) is 0 Å². The molecule has 0 aliphatic heterocycles. The first-order chi connectivity index (χ1) is 37.8. The van der Waals surface area contributed by atoms with Crippen LogP contribution >= 0.6 is 0 Å². The van der Waals surface area contributed by atoms with E-state index in [0.717, 1.165) is 32.1 Å². The van der Waals surface area contributed by atoms with Crippen molar-refractivity contribution in [1.82, 2.24) is 0 Å². The van der Waals surface area contributed by atoms with Crippen LogP contribution in [0.2, 0.25) is 0 Å². The topological polar surface area (TPSA) is 6.48 Å². The molecular formula is C76H106N2. The monoisotopic (exact) mass is 1050 g/mol. The summed E-state index contributed by atoms with van der Waals surface area (Å²) < 4.78 is 0. The third-order valence-corrected chi connectivity index (χ3v) is 19.6. The molecule has 0 amide bonds. The zero-order valence-electron chi connectivity index (χ0n) is 51.7. The Hall–Kier alpha value is -5.08. The van der Waals surface area contributed by atoms with Gasteiger partial charge in [0.05, 0.1) is 0 Å². The van der Waals surface area contributed by atoms with E-state index in [0.29, 0.717) is 17.8 Å². The van der Waals surface area contributed by atoms with Gasteiger partial charge in [-0.3, -0.25) is 0 Å². The molecule has 3 unspecified atom stereocenters. The van der Waals surface area contributed by atoms with Gasteiger partial charge in [0.2, 0.25) is 0 Å². The molecule has 3 atom stereocenters. The van der Waals surface area contributed by atoms with Gasteiger partial charge in [0.25, 0.3) is 0 Å². The largest absolute Gasteiger partial charge is 0.310 e. The molecule has 7 rings (SSSR count). The number of nitrogens with zero attached hydrogens (tertiary/aromatic N) is 2. The molecule has 2 nitrogen and oxygen atoms in total. The fourth-order valence-corrected chi connectivity index (χ4v) is 13.8. The van der Waals surface area contributed by atoms with Gasteiger partial charge >= 0.3 is 0 Å². The second kappa shape index (κ2) is 28.4. The molecule has 0 saturated heterocycles. The number of benzene rings is 6. The second-order valence-corrected chi connectivity index (χ2v) is 25.1. The van der Waals surface area contributed by atoms with Crippen molar-refractivity contribution in [2.75, 3.05) is 9.80 Å². The summed E-state index contributed by atoms with van der Waals surface area (Å²) in [6.45, 7) is 30.8.